The number of ether oxygens (including phenoxy) is 1. The van der Waals surface area contributed by atoms with Crippen molar-refractivity contribution in [3.05, 3.63) is 51.6 Å². The van der Waals surface area contributed by atoms with E-state index < -0.39 is 46.0 Å². The van der Waals surface area contributed by atoms with Crippen molar-refractivity contribution in [2.75, 3.05) is 28.4 Å². The molecule has 1 atom stereocenters. The number of aryl methyl sites for hydroxylation is 1. The number of carbonyl (C=O) groups is 2. The number of pyridine rings is 1. The molecule has 2 N–H and O–H groups in total. The van der Waals surface area contributed by atoms with Crippen molar-refractivity contribution in [3.8, 4) is 0 Å². The first kappa shape index (κ1) is 29.9. The molecule has 1 unspecified atom stereocenters. The van der Waals surface area contributed by atoms with Crippen molar-refractivity contribution < 1.29 is 35.9 Å². The number of amides is 2. The predicted molar refractivity (Wildman–Crippen MR) is 144 cm³/mol. The third-order valence-corrected chi connectivity index (χ3v) is 8.88. The van der Waals surface area contributed by atoms with Crippen LogP contribution in [0.2, 0.25) is 10.0 Å². The molecular formula is C24H24Cl2F3N5O5S. The number of nitrogens with one attached hydrogen (secondary N) is 2. The van der Waals surface area contributed by atoms with Crippen LogP contribution >= 0.6 is 23.2 Å². The highest BCUT2D eigenvalue weighted by molar-refractivity contribution is 7.93. The van der Waals surface area contributed by atoms with Crippen LogP contribution in [0.3, 0.4) is 0 Å². The van der Waals surface area contributed by atoms with E-state index in [1.807, 2.05) is 0 Å². The van der Waals surface area contributed by atoms with E-state index in [0.29, 0.717) is 12.0 Å². The van der Waals surface area contributed by atoms with Crippen molar-refractivity contribution in [2.45, 2.75) is 44.4 Å². The van der Waals surface area contributed by atoms with Gasteiger partial charge in [-0.15, -0.1) is 5.10 Å². The van der Waals surface area contributed by atoms with Gasteiger partial charge in [-0.25, -0.2) is 18.4 Å². The van der Waals surface area contributed by atoms with Crippen molar-refractivity contribution in [3.63, 3.8) is 0 Å². The highest BCUT2D eigenvalue weighted by Crippen LogP contribution is 2.33. The zero-order chi connectivity index (χ0) is 29.5. The standard InChI is InChI=1S/C24H24Cl2F3N5O5S/c1-3-23(11-40(37,38)12-23)32-21(35)15-8-14(25)7-13(2)19(15)31-22(36)17-9-18(39-10-24(27,28)29)33-34(17)20-16(26)5-4-6-30-20/h4-8,17H,3,9-12H2,1-2H3,(H,31,36)(H,32,35). The molecule has 3 heterocycles. The summed E-state index contributed by atoms with van der Waals surface area (Å²) in [5.41, 5.74) is -0.487. The maximum atomic E-state index is 13.5. The monoisotopic (exact) mass is 621 g/mol. The van der Waals surface area contributed by atoms with Gasteiger partial charge in [0, 0.05) is 11.2 Å². The second-order valence-electron chi connectivity index (χ2n) is 9.53. The summed E-state index contributed by atoms with van der Waals surface area (Å²) >= 11 is 12.4. The van der Waals surface area contributed by atoms with Gasteiger partial charge in [0.2, 0.25) is 11.8 Å². The first-order valence-electron chi connectivity index (χ1n) is 11.9. The number of aromatic nitrogens is 1. The molecule has 40 heavy (non-hydrogen) atoms. The number of alkyl halides is 3. The van der Waals surface area contributed by atoms with Crippen molar-refractivity contribution in [1.82, 2.24) is 10.3 Å². The summed E-state index contributed by atoms with van der Waals surface area (Å²) in [6.07, 6.45) is -3.25. The highest BCUT2D eigenvalue weighted by atomic mass is 35.5. The van der Waals surface area contributed by atoms with Gasteiger partial charge in [-0.2, -0.15) is 13.2 Å². The molecule has 4 rings (SSSR count). The second-order valence-corrected chi connectivity index (χ2v) is 12.4. The zero-order valence-corrected chi connectivity index (χ0v) is 23.5. The number of hydrazone groups is 1. The molecule has 0 radical (unpaired) electrons. The molecule has 2 aliphatic heterocycles. The van der Waals surface area contributed by atoms with Crippen LogP contribution in [0.4, 0.5) is 24.7 Å². The summed E-state index contributed by atoms with van der Waals surface area (Å²) in [7, 11) is -3.27. The van der Waals surface area contributed by atoms with Crippen LogP contribution in [0, 0.1) is 6.92 Å². The van der Waals surface area contributed by atoms with E-state index in [0.717, 1.165) is 5.01 Å². The molecule has 1 saturated heterocycles. The van der Waals surface area contributed by atoms with Crippen molar-refractivity contribution >= 4 is 62.3 Å². The number of carbonyl (C=O) groups excluding carboxylic acids is 2. The Morgan fingerprint density at radius 1 is 1.25 bits per heavy atom. The average molecular weight is 622 g/mol. The van der Waals surface area contributed by atoms with Gasteiger partial charge in [0.25, 0.3) is 5.91 Å². The van der Waals surface area contributed by atoms with E-state index in [4.69, 9.17) is 27.9 Å². The Morgan fingerprint density at radius 3 is 2.55 bits per heavy atom. The minimum Gasteiger partial charge on any atom is -0.470 e. The lowest BCUT2D eigenvalue weighted by Gasteiger charge is -2.41. The molecule has 2 aliphatic rings. The average Bonchev–Trinajstić information content (AvgIpc) is 3.27. The Hall–Kier alpha value is -3.10. The maximum Gasteiger partial charge on any atom is 0.422 e. The van der Waals surface area contributed by atoms with Gasteiger partial charge in [0.05, 0.1) is 39.7 Å². The van der Waals surface area contributed by atoms with Crippen molar-refractivity contribution in [2.24, 2.45) is 5.10 Å². The maximum absolute atomic E-state index is 13.5. The van der Waals surface area contributed by atoms with Crippen LogP contribution < -0.4 is 15.6 Å². The Morgan fingerprint density at radius 2 is 1.95 bits per heavy atom. The highest BCUT2D eigenvalue weighted by Gasteiger charge is 2.48. The van der Waals surface area contributed by atoms with Gasteiger partial charge in [-0.1, -0.05) is 30.1 Å². The Balaban J connectivity index is 1.62. The summed E-state index contributed by atoms with van der Waals surface area (Å²) in [5, 5.41) is 10.8. The van der Waals surface area contributed by atoms with E-state index in [-0.39, 0.29) is 50.9 Å². The fraction of sp³-hybridized carbons (Fsp3) is 0.417. The van der Waals surface area contributed by atoms with Crippen LogP contribution in [0.5, 0.6) is 0 Å². The van der Waals surface area contributed by atoms with E-state index in [2.05, 4.69) is 20.7 Å². The normalized spacial score (nSPS) is 19.4. The first-order valence-corrected chi connectivity index (χ1v) is 14.5. The van der Waals surface area contributed by atoms with Gasteiger partial charge >= 0.3 is 6.18 Å². The molecule has 2 aromatic rings. The molecule has 0 saturated carbocycles. The van der Waals surface area contributed by atoms with Gasteiger partial charge < -0.3 is 15.4 Å². The lowest BCUT2D eigenvalue weighted by Crippen LogP contribution is -2.65. The summed E-state index contributed by atoms with van der Waals surface area (Å²) in [6, 6.07) is 4.60. The number of halogens is 5. The Kier molecular flexibility index (Phi) is 8.25. The largest absolute Gasteiger partial charge is 0.470 e. The number of anilines is 2. The summed E-state index contributed by atoms with van der Waals surface area (Å²) < 4.78 is 66.7. The fourth-order valence-corrected chi connectivity index (χ4v) is 7.08. The summed E-state index contributed by atoms with van der Waals surface area (Å²) in [4.78, 5) is 30.9. The van der Waals surface area contributed by atoms with Gasteiger partial charge in [-0.05, 0) is 43.2 Å². The topological polar surface area (TPSA) is 130 Å². The molecule has 216 valence electrons. The van der Waals surface area contributed by atoms with E-state index in [1.165, 1.54) is 30.5 Å². The molecule has 1 fully saturated rings. The van der Waals surface area contributed by atoms with Crippen LogP contribution in [0.1, 0.15) is 35.7 Å². The minimum absolute atomic E-state index is 0.0109. The Bertz CT molecular complexity index is 1470. The second kappa shape index (κ2) is 11.1. The lowest BCUT2D eigenvalue weighted by molar-refractivity contribution is -0.156. The summed E-state index contributed by atoms with van der Waals surface area (Å²) in [5.74, 6) is -2.18. The smallest absolute Gasteiger partial charge is 0.422 e. The number of benzene rings is 1. The van der Waals surface area contributed by atoms with Crippen molar-refractivity contribution in [1.29, 1.82) is 0 Å². The van der Waals surface area contributed by atoms with Crippen LogP contribution in [-0.4, -0.2) is 67.0 Å². The van der Waals surface area contributed by atoms with E-state index >= 15 is 0 Å². The van der Waals surface area contributed by atoms with Crippen LogP contribution in [0.25, 0.3) is 0 Å². The first-order chi connectivity index (χ1) is 18.6. The third-order valence-electron chi connectivity index (χ3n) is 6.38. The molecule has 0 aliphatic carbocycles. The predicted octanol–water partition coefficient (Wildman–Crippen LogP) is 4.11. The van der Waals surface area contributed by atoms with E-state index in [1.54, 1.807) is 13.8 Å². The molecule has 1 aromatic carbocycles. The number of sulfone groups is 1. The number of hydrogen-bond acceptors (Lipinski definition) is 8. The zero-order valence-electron chi connectivity index (χ0n) is 21.2. The summed E-state index contributed by atoms with van der Waals surface area (Å²) in [6.45, 7) is 1.73. The number of rotatable bonds is 7. The molecule has 0 spiro atoms. The fourth-order valence-electron chi connectivity index (χ4n) is 4.45. The number of nitrogens with zero attached hydrogens (tertiary/aromatic N) is 3. The van der Waals surface area contributed by atoms with Crippen LogP contribution in [-0.2, 0) is 19.4 Å². The van der Waals surface area contributed by atoms with E-state index in [9.17, 15) is 31.2 Å². The SMILES string of the molecule is CCC1(NC(=O)c2cc(Cl)cc(C)c2NC(=O)C2CC(OCC(F)(F)F)=NN2c2ncccc2Cl)CS(=O)(=O)C1. The third kappa shape index (κ3) is 6.61. The lowest BCUT2D eigenvalue weighted by atomic mass is 9.98. The molecular weight excluding hydrogens is 598 g/mol. The number of hydrogen-bond donors (Lipinski definition) is 2. The van der Waals surface area contributed by atoms with Gasteiger partial charge in [0.1, 0.15) is 6.04 Å². The minimum atomic E-state index is -4.63. The molecule has 2 amide bonds. The van der Waals surface area contributed by atoms with Gasteiger partial charge in [0.15, 0.2) is 22.3 Å². The van der Waals surface area contributed by atoms with Crippen LogP contribution in [0.15, 0.2) is 35.6 Å². The Labute approximate surface area is 237 Å². The molecule has 10 nitrogen and oxygen atoms in total. The van der Waals surface area contributed by atoms with Gasteiger partial charge in [-0.3, -0.25) is 9.59 Å². The molecule has 16 heteroatoms. The molecule has 1 aromatic heterocycles. The quantitative estimate of drug-likeness (QED) is 0.476. The molecule has 0 bridgehead atoms.